The van der Waals surface area contributed by atoms with Gasteiger partial charge in [0.05, 0.1) is 18.9 Å². The summed E-state index contributed by atoms with van der Waals surface area (Å²) in [6, 6.07) is 8.11. The van der Waals surface area contributed by atoms with Gasteiger partial charge in [-0.1, -0.05) is 0 Å². The van der Waals surface area contributed by atoms with Crippen LogP contribution in [0.5, 0.6) is 11.5 Å². The predicted octanol–water partition coefficient (Wildman–Crippen LogP) is 2.44. The molecule has 1 heterocycles. The van der Waals surface area contributed by atoms with Gasteiger partial charge in [-0.05, 0) is 32.0 Å². The van der Waals surface area contributed by atoms with Crippen LogP contribution in [0.15, 0.2) is 41.3 Å². The number of nitrogens with one attached hydrogen (secondary N) is 1. The smallest absolute Gasteiger partial charge is 0.256 e. The van der Waals surface area contributed by atoms with E-state index in [-0.39, 0.29) is 17.0 Å². The third kappa shape index (κ3) is 4.12. The van der Waals surface area contributed by atoms with Gasteiger partial charge in [0.25, 0.3) is 11.5 Å². The molecule has 0 spiro atoms. The van der Waals surface area contributed by atoms with Gasteiger partial charge in [0.15, 0.2) is 0 Å². The van der Waals surface area contributed by atoms with E-state index in [4.69, 9.17) is 9.47 Å². The molecule has 2 aromatic rings. The maximum absolute atomic E-state index is 12.3. The van der Waals surface area contributed by atoms with Gasteiger partial charge in [0.1, 0.15) is 11.5 Å². The monoisotopic (exact) mass is 316 g/mol. The number of hydrogen-bond donors (Lipinski definition) is 1. The second-order valence-corrected chi connectivity index (χ2v) is 4.84. The molecule has 1 N–H and O–H groups in total. The molecule has 0 radical (unpaired) electrons. The van der Waals surface area contributed by atoms with Gasteiger partial charge in [0.2, 0.25) is 0 Å². The number of hydrogen-bond acceptors (Lipinski definition) is 4. The average molecular weight is 316 g/mol. The number of ether oxygens (including phenoxy) is 2. The van der Waals surface area contributed by atoms with Gasteiger partial charge in [-0.15, -0.1) is 0 Å². The summed E-state index contributed by atoms with van der Waals surface area (Å²) in [5.74, 6) is 0.806. The highest BCUT2D eigenvalue weighted by atomic mass is 16.5. The highest BCUT2D eigenvalue weighted by Crippen LogP contribution is 2.29. The third-order valence-electron chi connectivity index (χ3n) is 3.18. The summed E-state index contributed by atoms with van der Waals surface area (Å²) in [5.41, 5.74) is 0.548. The first-order valence-electron chi connectivity index (χ1n) is 7.42. The van der Waals surface area contributed by atoms with E-state index >= 15 is 0 Å². The summed E-state index contributed by atoms with van der Waals surface area (Å²) in [7, 11) is 1.63. The van der Waals surface area contributed by atoms with E-state index in [1.54, 1.807) is 37.5 Å². The molecule has 122 valence electrons. The Morgan fingerprint density at radius 2 is 1.87 bits per heavy atom. The highest BCUT2D eigenvalue weighted by Gasteiger charge is 2.12. The highest BCUT2D eigenvalue weighted by molar-refractivity contribution is 6.05. The number of nitrogens with zero attached hydrogens (tertiary/aromatic N) is 1. The predicted molar refractivity (Wildman–Crippen MR) is 88.4 cm³/mol. The van der Waals surface area contributed by atoms with Crippen molar-refractivity contribution >= 4 is 11.6 Å². The Kier molecular flexibility index (Phi) is 5.41. The van der Waals surface area contributed by atoms with E-state index < -0.39 is 0 Å². The van der Waals surface area contributed by atoms with Crippen LogP contribution in [0.2, 0.25) is 0 Å². The summed E-state index contributed by atoms with van der Waals surface area (Å²) >= 11 is 0. The van der Waals surface area contributed by atoms with Crippen LogP contribution >= 0.6 is 0 Å². The molecule has 0 aliphatic carbocycles. The SMILES string of the molecule is CCOc1ccc(OCC)c(NC(=O)c2ccn(C)c(=O)c2)c1. The largest absolute Gasteiger partial charge is 0.494 e. The zero-order chi connectivity index (χ0) is 16.8. The first-order chi connectivity index (χ1) is 11.0. The van der Waals surface area contributed by atoms with E-state index in [0.29, 0.717) is 30.4 Å². The maximum Gasteiger partial charge on any atom is 0.256 e. The number of amides is 1. The van der Waals surface area contributed by atoms with Crippen molar-refractivity contribution in [3.8, 4) is 11.5 Å². The number of carbonyl (C=O) groups excluding carboxylic acids is 1. The van der Waals surface area contributed by atoms with Crippen molar-refractivity contribution in [2.45, 2.75) is 13.8 Å². The molecule has 0 aliphatic heterocycles. The Morgan fingerprint density at radius 3 is 2.52 bits per heavy atom. The molecule has 6 nitrogen and oxygen atoms in total. The molecule has 2 rings (SSSR count). The van der Waals surface area contributed by atoms with E-state index in [1.165, 1.54) is 10.6 Å². The van der Waals surface area contributed by atoms with E-state index in [2.05, 4.69) is 5.32 Å². The Bertz CT molecular complexity index is 752. The molecule has 6 heteroatoms. The van der Waals surface area contributed by atoms with Gasteiger partial charge in [-0.3, -0.25) is 9.59 Å². The number of aromatic nitrogens is 1. The molecule has 0 bridgehead atoms. The van der Waals surface area contributed by atoms with Crippen molar-refractivity contribution in [1.82, 2.24) is 4.57 Å². The lowest BCUT2D eigenvalue weighted by atomic mass is 10.2. The van der Waals surface area contributed by atoms with Crippen LogP contribution in [0.25, 0.3) is 0 Å². The lowest BCUT2D eigenvalue weighted by Crippen LogP contribution is -2.20. The fourth-order valence-corrected chi connectivity index (χ4v) is 2.03. The minimum atomic E-state index is -0.377. The number of anilines is 1. The fourth-order valence-electron chi connectivity index (χ4n) is 2.03. The summed E-state index contributed by atoms with van der Waals surface area (Å²) in [6.07, 6.45) is 1.55. The lowest BCUT2D eigenvalue weighted by molar-refractivity contribution is 0.102. The van der Waals surface area contributed by atoms with Crippen molar-refractivity contribution in [1.29, 1.82) is 0 Å². The molecule has 0 unspecified atom stereocenters. The number of pyridine rings is 1. The fraction of sp³-hybridized carbons (Fsp3) is 0.294. The number of rotatable bonds is 6. The maximum atomic E-state index is 12.3. The summed E-state index contributed by atoms with van der Waals surface area (Å²) < 4.78 is 12.4. The van der Waals surface area contributed by atoms with E-state index in [1.807, 2.05) is 13.8 Å². The number of benzene rings is 1. The van der Waals surface area contributed by atoms with Crippen molar-refractivity contribution in [3.63, 3.8) is 0 Å². The molecular weight excluding hydrogens is 296 g/mol. The molecule has 23 heavy (non-hydrogen) atoms. The van der Waals surface area contributed by atoms with Gasteiger partial charge in [-0.2, -0.15) is 0 Å². The van der Waals surface area contributed by atoms with Crippen LogP contribution in [0.3, 0.4) is 0 Å². The molecule has 1 aromatic heterocycles. The molecule has 0 atom stereocenters. The Labute approximate surface area is 134 Å². The van der Waals surface area contributed by atoms with Crippen LogP contribution < -0.4 is 20.3 Å². The first kappa shape index (κ1) is 16.6. The lowest BCUT2D eigenvalue weighted by Gasteiger charge is -2.13. The van der Waals surface area contributed by atoms with Crippen molar-refractivity contribution in [2.75, 3.05) is 18.5 Å². The second-order valence-electron chi connectivity index (χ2n) is 4.84. The number of aryl methyl sites for hydroxylation is 1. The second kappa shape index (κ2) is 7.49. The van der Waals surface area contributed by atoms with Crippen molar-refractivity contribution in [3.05, 3.63) is 52.4 Å². The first-order valence-corrected chi connectivity index (χ1v) is 7.42. The Hall–Kier alpha value is -2.76. The van der Waals surface area contributed by atoms with Gasteiger partial charge < -0.3 is 19.4 Å². The van der Waals surface area contributed by atoms with Gasteiger partial charge >= 0.3 is 0 Å². The average Bonchev–Trinajstić information content (AvgIpc) is 2.53. The van der Waals surface area contributed by atoms with Crippen LogP contribution in [0.4, 0.5) is 5.69 Å². The van der Waals surface area contributed by atoms with Crippen molar-refractivity contribution < 1.29 is 14.3 Å². The Balaban J connectivity index is 2.28. The van der Waals surface area contributed by atoms with Crippen molar-refractivity contribution in [2.24, 2.45) is 7.05 Å². The minimum absolute atomic E-state index is 0.245. The quantitative estimate of drug-likeness (QED) is 0.888. The Morgan fingerprint density at radius 1 is 1.13 bits per heavy atom. The van der Waals surface area contributed by atoms with Gasteiger partial charge in [-0.25, -0.2) is 0 Å². The van der Waals surface area contributed by atoms with Gasteiger partial charge in [0, 0.05) is 30.9 Å². The topological polar surface area (TPSA) is 69.6 Å². The molecule has 0 saturated heterocycles. The molecule has 1 aromatic carbocycles. The van der Waals surface area contributed by atoms with Crippen LogP contribution in [0.1, 0.15) is 24.2 Å². The molecule has 0 fully saturated rings. The molecule has 0 aliphatic rings. The van der Waals surface area contributed by atoms with E-state index in [0.717, 1.165) is 0 Å². The zero-order valence-electron chi connectivity index (χ0n) is 13.5. The minimum Gasteiger partial charge on any atom is -0.494 e. The molecule has 1 amide bonds. The summed E-state index contributed by atoms with van der Waals surface area (Å²) in [5, 5.41) is 2.77. The molecule has 0 saturated carbocycles. The normalized spacial score (nSPS) is 10.2. The third-order valence-corrected chi connectivity index (χ3v) is 3.18. The summed E-state index contributed by atoms with van der Waals surface area (Å²) in [4.78, 5) is 24.0. The standard InChI is InChI=1S/C17H20N2O4/c1-4-22-13-6-7-15(23-5-2)14(11-13)18-17(21)12-8-9-19(3)16(20)10-12/h6-11H,4-5H2,1-3H3,(H,18,21). The summed E-state index contributed by atoms with van der Waals surface area (Å²) in [6.45, 7) is 4.75. The van der Waals surface area contributed by atoms with Crippen LogP contribution in [0, 0.1) is 0 Å². The van der Waals surface area contributed by atoms with Crippen LogP contribution in [-0.4, -0.2) is 23.7 Å². The number of carbonyl (C=O) groups is 1. The zero-order valence-corrected chi connectivity index (χ0v) is 13.5. The van der Waals surface area contributed by atoms with Crippen LogP contribution in [-0.2, 0) is 7.05 Å². The van der Waals surface area contributed by atoms with E-state index in [9.17, 15) is 9.59 Å². The molecular formula is C17H20N2O4.